The Bertz CT molecular complexity index is 553. The second-order valence-corrected chi connectivity index (χ2v) is 6.65. The van der Waals surface area contributed by atoms with Crippen molar-refractivity contribution in [1.82, 2.24) is 15.1 Å². The van der Waals surface area contributed by atoms with Crippen LogP contribution in [0.1, 0.15) is 43.7 Å². The van der Waals surface area contributed by atoms with Crippen LogP contribution < -0.4 is 5.32 Å². The summed E-state index contributed by atoms with van der Waals surface area (Å²) >= 11 is 0. The molecule has 1 fully saturated rings. The molecule has 0 atom stereocenters. The lowest BCUT2D eigenvalue weighted by molar-refractivity contribution is 0.314. The number of nitrogens with one attached hydrogen (secondary N) is 1. The molecule has 3 rings (SSSR count). The van der Waals surface area contributed by atoms with Crippen molar-refractivity contribution in [2.24, 2.45) is 5.41 Å². The molecule has 0 aliphatic heterocycles. The van der Waals surface area contributed by atoms with Crippen molar-refractivity contribution in [3.05, 3.63) is 53.9 Å². The Labute approximate surface area is 127 Å². The van der Waals surface area contributed by atoms with Crippen LogP contribution in [0.15, 0.2) is 42.7 Å². The van der Waals surface area contributed by atoms with Crippen molar-refractivity contribution in [3.63, 3.8) is 0 Å². The first-order chi connectivity index (χ1) is 10.2. The summed E-state index contributed by atoms with van der Waals surface area (Å²) in [6.07, 6.45) is 9.66. The Morgan fingerprint density at radius 2 is 1.90 bits per heavy atom. The van der Waals surface area contributed by atoms with Crippen LogP contribution in [0.5, 0.6) is 0 Å². The number of nitrogens with zero attached hydrogens (tertiary/aromatic N) is 2. The average molecular weight is 283 g/mol. The Morgan fingerprint density at radius 3 is 2.67 bits per heavy atom. The molecule has 3 heteroatoms. The zero-order chi connectivity index (χ0) is 14.5. The van der Waals surface area contributed by atoms with E-state index in [1.165, 1.54) is 36.8 Å². The summed E-state index contributed by atoms with van der Waals surface area (Å²) < 4.78 is 2.02. The zero-order valence-corrected chi connectivity index (χ0v) is 12.9. The Balaban J connectivity index is 1.49. The maximum atomic E-state index is 4.46. The zero-order valence-electron chi connectivity index (χ0n) is 12.9. The van der Waals surface area contributed by atoms with Crippen molar-refractivity contribution in [1.29, 1.82) is 0 Å². The first-order valence-electron chi connectivity index (χ1n) is 8.00. The molecule has 1 N–H and O–H groups in total. The lowest BCUT2D eigenvalue weighted by Gasteiger charge is -2.23. The number of benzene rings is 1. The summed E-state index contributed by atoms with van der Waals surface area (Å²) in [6, 6.07) is 10.5. The molecule has 0 bridgehead atoms. The Morgan fingerprint density at radius 1 is 1.14 bits per heavy atom. The normalized spacial score (nSPS) is 17.2. The fourth-order valence-corrected chi connectivity index (χ4v) is 3.27. The van der Waals surface area contributed by atoms with Gasteiger partial charge in [-0.25, -0.2) is 0 Å². The predicted molar refractivity (Wildman–Crippen MR) is 86.1 cm³/mol. The van der Waals surface area contributed by atoms with Crippen LogP contribution in [-0.4, -0.2) is 16.3 Å². The predicted octanol–water partition coefficient (Wildman–Crippen LogP) is 3.60. The van der Waals surface area contributed by atoms with Gasteiger partial charge in [0.2, 0.25) is 0 Å². The van der Waals surface area contributed by atoms with E-state index in [0.717, 1.165) is 19.6 Å². The van der Waals surface area contributed by atoms with Crippen LogP contribution in [0, 0.1) is 5.41 Å². The van der Waals surface area contributed by atoms with E-state index < -0.39 is 0 Å². The molecule has 112 valence electrons. The lowest BCUT2D eigenvalue weighted by Crippen LogP contribution is -2.29. The monoisotopic (exact) mass is 283 g/mol. The molecule has 0 saturated heterocycles. The standard InChI is InChI=1S/C18H25N3/c1-18(9-5-6-10-18)15-19-11-17-12-20-21(14-17)13-16-7-3-2-4-8-16/h2-4,7-8,12,14,19H,5-6,9-11,13,15H2,1H3. The average Bonchev–Trinajstić information content (AvgIpc) is 3.10. The molecule has 1 heterocycles. The van der Waals surface area contributed by atoms with Gasteiger partial charge in [0.05, 0.1) is 12.7 Å². The first kappa shape index (κ1) is 14.3. The third-order valence-corrected chi connectivity index (χ3v) is 4.57. The van der Waals surface area contributed by atoms with Crippen LogP contribution in [0.25, 0.3) is 0 Å². The summed E-state index contributed by atoms with van der Waals surface area (Å²) in [5.74, 6) is 0. The quantitative estimate of drug-likeness (QED) is 0.878. The molecule has 0 amide bonds. The van der Waals surface area contributed by atoms with E-state index in [4.69, 9.17) is 0 Å². The van der Waals surface area contributed by atoms with E-state index in [-0.39, 0.29) is 0 Å². The van der Waals surface area contributed by atoms with Gasteiger partial charge < -0.3 is 5.32 Å². The first-order valence-corrected chi connectivity index (χ1v) is 8.00. The van der Waals surface area contributed by atoms with Crippen LogP contribution in [0.3, 0.4) is 0 Å². The maximum absolute atomic E-state index is 4.46. The highest BCUT2D eigenvalue weighted by molar-refractivity contribution is 5.15. The van der Waals surface area contributed by atoms with Crippen LogP contribution in [-0.2, 0) is 13.1 Å². The molecular weight excluding hydrogens is 258 g/mol. The Hall–Kier alpha value is -1.61. The molecule has 2 aromatic rings. The number of hydrogen-bond donors (Lipinski definition) is 1. The molecule has 1 saturated carbocycles. The third-order valence-electron chi connectivity index (χ3n) is 4.57. The van der Waals surface area contributed by atoms with Gasteiger partial charge in [0, 0.05) is 24.8 Å². The van der Waals surface area contributed by atoms with Crippen LogP contribution >= 0.6 is 0 Å². The second kappa shape index (κ2) is 6.44. The molecule has 1 aliphatic rings. The highest BCUT2D eigenvalue weighted by Crippen LogP contribution is 2.36. The van der Waals surface area contributed by atoms with Gasteiger partial charge in [-0.3, -0.25) is 4.68 Å². The van der Waals surface area contributed by atoms with Crippen molar-refractivity contribution in [2.75, 3.05) is 6.54 Å². The van der Waals surface area contributed by atoms with Gasteiger partial charge in [0.25, 0.3) is 0 Å². The molecule has 0 spiro atoms. The molecule has 1 aromatic carbocycles. The van der Waals surface area contributed by atoms with E-state index in [0.29, 0.717) is 5.41 Å². The van der Waals surface area contributed by atoms with Crippen LogP contribution in [0.2, 0.25) is 0 Å². The highest BCUT2D eigenvalue weighted by atomic mass is 15.3. The molecular formula is C18H25N3. The van der Waals surface area contributed by atoms with E-state index in [1.54, 1.807) is 0 Å². The summed E-state index contributed by atoms with van der Waals surface area (Å²) in [7, 11) is 0. The van der Waals surface area contributed by atoms with Crippen molar-refractivity contribution < 1.29 is 0 Å². The molecule has 0 radical (unpaired) electrons. The summed E-state index contributed by atoms with van der Waals surface area (Å²) in [5, 5.41) is 8.06. The van der Waals surface area contributed by atoms with E-state index >= 15 is 0 Å². The van der Waals surface area contributed by atoms with Gasteiger partial charge in [0.1, 0.15) is 0 Å². The smallest absolute Gasteiger partial charge is 0.0659 e. The van der Waals surface area contributed by atoms with Gasteiger partial charge in [-0.15, -0.1) is 0 Å². The van der Waals surface area contributed by atoms with E-state index in [2.05, 4.69) is 47.8 Å². The van der Waals surface area contributed by atoms with Crippen molar-refractivity contribution in [3.8, 4) is 0 Å². The lowest BCUT2D eigenvalue weighted by atomic mass is 9.89. The maximum Gasteiger partial charge on any atom is 0.0659 e. The third kappa shape index (κ3) is 3.94. The second-order valence-electron chi connectivity index (χ2n) is 6.65. The largest absolute Gasteiger partial charge is 0.312 e. The molecule has 1 aliphatic carbocycles. The topological polar surface area (TPSA) is 29.9 Å². The van der Waals surface area contributed by atoms with Gasteiger partial charge in [0.15, 0.2) is 0 Å². The van der Waals surface area contributed by atoms with E-state index in [9.17, 15) is 0 Å². The number of hydrogen-bond acceptors (Lipinski definition) is 2. The SMILES string of the molecule is CC1(CNCc2cnn(Cc3ccccc3)c2)CCCC1. The minimum absolute atomic E-state index is 0.514. The fraction of sp³-hybridized carbons (Fsp3) is 0.500. The van der Waals surface area contributed by atoms with Crippen LogP contribution in [0.4, 0.5) is 0 Å². The molecule has 0 unspecified atom stereocenters. The van der Waals surface area contributed by atoms with Gasteiger partial charge in [-0.2, -0.15) is 5.10 Å². The fourth-order valence-electron chi connectivity index (χ4n) is 3.27. The summed E-state index contributed by atoms with van der Waals surface area (Å²) in [5.41, 5.74) is 3.08. The highest BCUT2D eigenvalue weighted by Gasteiger charge is 2.27. The summed E-state index contributed by atoms with van der Waals surface area (Å²) in [6.45, 7) is 5.30. The minimum atomic E-state index is 0.514. The van der Waals surface area contributed by atoms with Gasteiger partial charge >= 0.3 is 0 Å². The molecule has 3 nitrogen and oxygen atoms in total. The van der Waals surface area contributed by atoms with Gasteiger partial charge in [-0.1, -0.05) is 50.1 Å². The Kier molecular flexibility index (Phi) is 4.39. The van der Waals surface area contributed by atoms with Gasteiger partial charge in [-0.05, 0) is 23.8 Å². The minimum Gasteiger partial charge on any atom is -0.312 e. The van der Waals surface area contributed by atoms with Crippen molar-refractivity contribution in [2.45, 2.75) is 45.7 Å². The number of rotatable bonds is 6. The number of aromatic nitrogens is 2. The van der Waals surface area contributed by atoms with E-state index in [1.807, 2.05) is 16.9 Å². The molecule has 1 aromatic heterocycles. The summed E-state index contributed by atoms with van der Waals surface area (Å²) in [4.78, 5) is 0. The van der Waals surface area contributed by atoms with Crippen molar-refractivity contribution >= 4 is 0 Å². The molecule has 21 heavy (non-hydrogen) atoms.